The summed E-state index contributed by atoms with van der Waals surface area (Å²) in [4.78, 5) is 13.5. The first-order chi connectivity index (χ1) is 10.4. The fourth-order valence-corrected chi connectivity index (χ4v) is 4.06. The van der Waals surface area contributed by atoms with Gasteiger partial charge in [-0.05, 0) is 50.7 Å². The smallest absolute Gasteiger partial charge is 0.336 e. The van der Waals surface area contributed by atoms with E-state index < -0.39 is 15.6 Å². The van der Waals surface area contributed by atoms with E-state index in [1.165, 1.54) is 24.3 Å². The number of hydrogen-bond acceptors (Lipinski definition) is 5. The van der Waals surface area contributed by atoms with Crippen molar-refractivity contribution in [2.75, 3.05) is 20.1 Å². The number of likely N-dealkylation sites (tertiary alicyclic amines) is 1. The molecule has 1 aliphatic rings. The summed E-state index contributed by atoms with van der Waals surface area (Å²) < 4.78 is 32.8. The van der Waals surface area contributed by atoms with Crippen molar-refractivity contribution < 1.29 is 12.8 Å². The molecular formula is C15H18N2O4S. The number of nitrogens with one attached hydrogen (secondary N) is 1. The van der Waals surface area contributed by atoms with E-state index >= 15 is 0 Å². The lowest BCUT2D eigenvalue weighted by Gasteiger charge is -2.29. The van der Waals surface area contributed by atoms with Crippen LogP contribution < -0.4 is 10.3 Å². The molecule has 118 valence electrons. The zero-order chi connectivity index (χ0) is 15.7. The van der Waals surface area contributed by atoms with E-state index in [1.54, 1.807) is 6.07 Å². The standard InChI is InChI=1S/C15H18N2O4S/c1-17-8-2-3-12(10-17)16-22(19,20)13-5-6-14-11(9-13)4-7-15(18)21-14/h4-7,9,12,16H,2-3,8,10H2,1H3/t12-/m1/s1. The largest absolute Gasteiger partial charge is 0.423 e. The lowest BCUT2D eigenvalue weighted by molar-refractivity contribution is 0.242. The van der Waals surface area contributed by atoms with Crippen LogP contribution in [0.2, 0.25) is 0 Å². The van der Waals surface area contributed by atoms with E-state index in [2.05, 4.69) is 9.62 Å². The van der Waals surface area contributed by atoms with E-state index in [9.17, 15) is 13.2 Å². The minimum atomic E-state index is -3.58. The van der Waals surface area contributed by atoms with E-state index in [1.807, 2.05) is 7.05 Å². The number of benzene rings is 1. The molecule has 1 N–H and O–H groups in total. The van der Waals surface area contributed by atoms with Gasteiger partial charge in [-0.2, -0.15) is 0 Å². The Balaban J connectivity index is 1.88. The van der Waals surface area contributed by atoms with E-state index in [4.69, 9.17) is 4.42 Å². The summed E-state index contributed by atoms with van der Waals surface area (Å²) in [6.07, 6.45) is 1.82. The van der Waals surface area contributed by atoms with Crippen molar-refractivity contribution >= 4 is 21.0 Å². The molecule has 0 radical (unpaired) electrons. The highest BCUT2D eigenvalue weighted by molar-refractivity contribution is 7.89. The maximum absolute atomic E-state index is 12.5. The Labute approximate surface area is 128 Å². The topological polar surface area (TPSA) is 79.6 Å². The zero-order valence-electron chi connectivity index (χ0n) is 12.3. The second-order valence-electron chi connectivity index (χ2n) is 5.68. The molecule has 2 aromatic rings. The van der Waals surface area contributed by atoms with Crippen LogP contribution in [0.5, 0.6) is 0 Å². The van der Waals surface area contributed by atoms with Gasteiger partial charge in [-0.15, -0.1) is 0 Å². The lowest BCUT2D eigenvalue weighted by Crippen LogP contribution is -2.46. The van der Waals surface area contributed by atoms with Crippen LogP contribution in [0.25, 0.3) is 11.0 Å². The third-order valence-corrected chi connectivity index (χ3v) is 5.37. The molecule has 22 heavy (non-hydrogen) atoms. The highest BCUT2D eigenvalue weighted by atomic mass is 32.2. The molecule has 0 saturated carbocycles. The van der Waals surface area contributed by atoms with Crippen LogP contribution in [-0.4, -0.2) is 39.5 Å². The second kappa shape index (κ2) is 5.83. The van der Waals surface area contributed by atoms with Crippen molar-refractivity contribution in [2.24, 2.45) is 0 Å². The third-order valence-electron chi connectivity index (χ3n) is 3.85. The van der Waals surface area contributed by atoms with E-state index in [0.29, 0.717) is 17.5 Å². The minimum absolute atomic E-state index is 0.0758. The van der Waals surface area contributed by atoms with Crippen molar-refractivity contribution in [3.05, 3.63) is 40.8 Å². The first-order valence-corrected chi connectivity index (χ1v) is 8.67. The molecule has 2 heterocycles. The van der Waals surface area contributed by atoms with Gasteiger partial charge in [-0.1, -0.05) is 0 Å². The highest BCUT2D eigenvalue weighted by Crippen LogP contribution is 2.19. The van der Waals surface area contributed by atoms with Gasteiger partial charge in [0, 0.05) is 24.0 Å². The monoisotopic (exact) mass is 322 g/mol. The van der Waals surface area contributed by atoms with Gasteiger partial charge >= 0.3 is 5.63 Å². The Morgan fingerprint density at radius 3 is 2.86 bits per heavy atom. The van der Waals surface area contributed by atoms with Crippen LogP contribution >= 0.6 is 0 Å². The van der Waals surface area contributed by atoms with Gasteiger partial charge in [0.2, 0.25) is 10.0 Å². The van der Waals surface area contributed by atoms with Gasteiger partial charge in [-0.3, -0.25) is 0 Å². The summed E-state index contributed by atoms with van der Waals surface area (Å²) in [7, 11) is -1.60. The summed E-state index contributed by atoms with van der Waals surface area (Å²) in [6, 6.07) is 7.26. The normalized spacial score (nSPS) is 20.3. The molecule has 0 aliphatic carbocycles. The summed E-state index contributed by atoms with van der Waals surface area (Å²) in [5.41, 5.74) is -0.0738. The Morgan fingerprint density at radius 2 is 2.09 bits per heavy atom. The van der Waals surface area contributed by atoms with Crippen molar-refractivity contribution in [3.63, 3.8) is 0 Å². The third kappa shape index (κ3) is 3.21. The predicted molar refractivity (Wildman–Crippen MR) is 83.3 cm³/mol. The fraction of sp³-hybridized carbons (Fsp3) is 0.400. The summed E-state index contributed by atoms with van der Waals surface area (Å²) in [5.74, 6) is 0. The molecule has 7 heteroatoms. The molecule has 1 atom stereocenters. The molecule has 1 fully saturated rings. The van der Waals surface area contributed by atoms with Gasteiger partial charge in [0.1, 0.15) is 5.58 Å². The SMILES string of the molecule is CN1CCC[C@@H](NS(=O)(=O)c2ccc3oc(=O)ccc3c2)C1. The molecule has 0 spiro atoms. The molecule has 0 bridgehead atoms. The number of piperidine rings is 1. The van der Waals surface area contributed by atoms with Gasteiger partial charge in [0.05, 0.1) is 4.90 Å². The van der Waals surface area contributed by atoms with Crippen LogP contribution in [0.1, 0.15) is 12.8 Å². The molecule has 0 amide bonds. The molecule has 0 unspecified atom stereocenters. The number of hydrogen-bond donors (Lipinski definition) is 1. The Hall–Kier alpha value is -1.70. The van der Waals surface area contributed by atoms with Crippen LogP contribution in [0.3, 0.4) is 0 Å². The van der Waals surface area contributed by atoms with Crippen molar-refractivity contribution in [1.29, 1.82) is 0 Å². The number of likely N-dealkylation sites (N-methyl/N-ethyl adjacent to an activating group) is 1. The van der Waals surface area contributed by atoms with Crippen LogP contribution in [0, 0.1) is 0 Å². The first-order valence-electron chi connectivity index (χ1n) is 7.19. The fourth-order valence-electron chi connectivity index (χ4n) is 2.77. The maximum atomic E-state index is 12.5. The molecule has 6 nitrogen and oxygen atoms in total. The second-order valence-corrected chi connectivity index (χ2v) is 7.39. The maximum Gasteiger partial charge on any atom is 0.336 e. The predicted octanol–water partition coefficient (Wildman–Crippen LogP) is 1.17. The van der Waals surface area contributed by atoms with E-state index in [0.717, 1.165) is 19.4 Å². The summed E-state index contributed by atoms with van der Waals surface area (Å²) in [5, 5.41) is 0.586. The quantitative estimate of drug-likeness (QED) is 0.858. The van der Waals surface area contributed by atoms with Gasteiger partial charge in [0.25, 0.3) is 0 Å². The Morgan fingerprint density at radius 1 is 1.27 bits per heavy atom. The zero-order valence-corrected chi connectivity index (χ0v) is 13.1. The molecule has 1 aromatic carbocycles. The molecule has 1 aromatic heterocycles. The average molecular weight is 322 g/mol. The van der Waals surface area contributed by atoms with Crippen LogP contribution in [0.4, 0.5) is 0 Å². The summed E-state index contributed by atoms with van der Waals surface area (Å²) in [6.45, 7) is 1.70. The van der Waals surface area contributed by atoms with E-state index in [-0.39, 0.29) is 10.9 Å². The number of fused-ring (bicyclic) bond motifs is 1. The molecule has 1 aliphatic heterocycles. The highest BCUT2D eigenvalue weighted by Gasteiger charge is 2.24. The number of rotatable bonds is 3. The molecular weight excluding hydrogens is 304 g/mol. The Bertz CT molecular complexity index is 844. The first kappa shape index (κ1) is 15.2. The average Bonchev–Trinajstić information content (AvgIpc) is 2.46. The minimum Gasteiger partial charge on any atom is -0.423 e. The van der Waals surface area contributed by atoms with Gasteiger partial charge < -0.3 is 9.32 Å². The lowest BCUT2D eigenvalue weighted by atomic mass is 10.1. The van der Waals surface area contributed by atoms with Crippen LogP contribution in [0.15, 0.2) is 44.4 Å². The Kier molecular flexibility index (Phi) is 4.03. The van der Waals surface area contributed by atoms with Crippen LogP contribution in [-0.2, 0) is 10.0 Å². The van der Waals surface area contributed by atoms with Gasteiger partial charge in [-0.25, -0.2) is 17.9 Å². The molecule has 1 saturated heterocycles. The van der Waals surface area contributed by atoms with Crippen molar-refractivity contribution in [3.8, 4) is 0 Å². The van der Waals surface area contributed by atoms with Gasteiger partial charge in [0.15, 0.2) is 0 Å². The van der Waals surface area contributed by atoms with Crippen molar-refractivity contribution in [1.82, 2.24) is 9.62 Å². The summed E-state index contributed by atoms with van der Waals surface area (Å²) >= 11 is 0. The molecule has 3 rings (SSSR count). The number of sulfonamides is 1. The number of nitrogens with zero attached hydrogens (tertiary/aromatic N) is 1. The van der Waals surface area contributed by atoms with Crippen molar-refractivity contribution in [2.45, 2.75) is 23.8 Å².